The molecule has 1 aromatic rings. The average molecular weight is 216 g/mol. The van der Waals surface area contributed by atoms with Crippen LogP contribution in [-0.2, 0) is 4.79 Å². The van der Waals surface area contributed by atoms with Crippen LogP contribution in [0.15, 0.2) is 24.3 Å². The topological polar surface area (TPSA) is 44.1 Å². The average Bonchev–Trinajstić information content (AvgIpc) is 2.27. The summed E-state index contributed by atoms with van der Waals surface area (Å²) in [5.41, 5.74) is 1.51. The molecule has 84 valence electrons. The Hall–Kier alpha value is -1.82. The van der Waals surface area contributed by atoms with E-state index in [0.717, 1.165) is 5.69 Å². The molecule has 0 spiro atoms. The van der Waals surface area contributed by atoms with E-state index >= 15 is 0 Å². The Morgan fingerprint density at radius 3 is 2.69 bits per heavy atom. The van der Waals surface area contributed by atoms with Crippen LogP contribution in [0.3, 0.4) is 0 Å². The van der Waals surface area contributed by atoms with Gasteiger partial charge in [0.25, 0.3) is 0 Å². The van der Waals surface area contributed by atoms with Crippen LogP contribution in [0.1, 0.15) is 25.8 Å². The summed E-state index contributed by atoms with van der Waals surface area (Å²) in [5, 5.41) is 8.99. The van der Waals surface area contributed by atoms with Gasteiger partial charge in [-0.15, -0.1) is 0 Å². The van der Waals surface area contributed by atoms with Gasteiger partial charge in [0.15, 0.2) is 0 Å². The molecule has 3 heteroatoms. The van der Waals surface area contributed by atoms with E-state index in [0.29, 0.717) is 12.0 Å². The van der Waals surface area contributed by atoms with Crippen LogP contribution < -0.4 is 4.90 Å². The van der Waals surface area contributed by atoms with E-state index in [1.165, 1.54) is 0 Å². The van der Waals surface area contributed by atoms with E-state index < -0.39 is 0 Å². The number of nitrogens with zero attached hydrogens (tertiary/aromatic N) is 2. The summed E-state index contributed by atoms with van der Waals surface area (Å²) in [7, 11) is 1.91. The molecule has 0 aliphatic rings. The predicted octanol–water partition coefficient (Wildman–Crippen LogP) is 2.36. The number of carbonyl (C=O) groups excluding carboxylic acids is 1. The van der Waals surface area contributed by atoms with E-state index in [4.69, 9.17) is 5.26 Å². The van der Waals surface area contributed by atoms with Crippen molar-refractivity contribution in [3.8, 4) is 6.07 Å². The fraction of sp³-hybridized carbons (Fsp3) is 0.385. The zero-order valence-corrected chi connectivity index (χ0v) is 9.90. The van der Waals surface area contributed by atoms with E-state index in [2.05, 4.69) is 6.07 Å². The third-order valence-electron chi connectivity index (χ3n) is 2.65. The van der Waals surface area contributed by atoms with E-state index in [9.17, 15) is 4.79 Å². The SMILES string of the molecule is CC(=O)CC(C)N(C)c1ccccc1C#N. The second-order valence-corrected chi connectivity index (χ2v) is 4.00. The quantitative estimate of drug-likeness (QED) is 0.776. The zero-order valence-electron chi connectivity index (χ0n) is 9.90. The molecule has 0 radical (unpaired) electrons. The van der Waals surface area contributed by atoms with Crippen molar-refractivity contribution in [2.45, 2.75) is 26.3 Å². The Kier molecular flexibility index (Phi) is 4.07. The molecule has 0 aliphatic heterocycles. The lowest BCUT2D eigenvalue weighted by atomic mass is 10.1. The first kappa shape index (κ1) is 12.3. The van der Waals surface area contributed by atoms with Gasteiger partial charge in [0.05, 0.1) is 11.3 Å². The Morgan fingerprint density at radius 1 is 1.50 bits per heavy atom. The molecule has 0 heterocycles. The predicted molar refractivity (Wildman–Crippen MR) is 64.3 cm³/mol. The summed E-state index contributed by atoms with van der Waals surface area (Å²) in [5.74, 6) is 0.161. The van der Waals surface area contributed by atoms with Gasteiger partial charge >= 0.3 is 0 Å². The van der Waals surface area contributed by atoms with E-state index in [1.807, 2.05) is 37.1 Å². The minimum atomic E-state index is 0.104. The maximum Gasteiger partial charge on any atom is 0.131 e. The van der Waals surface area contributed by atoms with Gasteiger partial charge in [-0.25, -0.2) is 0 Å². The van der Waals surface area contributed by atoms with E-state index in [1.54, 1.807) is 13.0 Å². The first-order valence-electron chi connectivity index (χ1n) is 5.27. The number of hydrogen-bond donors (Lipinski definition) is 0. The van der Waals surface area contributed by atoms with Crippen LogP contribution in [-0.4, -0.2) is 18.9 Å². The highest BCUT2D eigenvalue weighted by Gasteiger charge is 2.14. The molecular formula is C13H16N2O. The minimum Gasteiger partial charge on any atom is -0.370 e. The zero-order chi connectivity index (χ0) is 12.1. The first-order chi connectivity index (χ1) is 7.56. The number of hydrogen-bond acceptors (Lipinski definition) is 3. The molecule has 3 nitrogen and oxygen atoms in total. The number of ketones is 1. The Morgan fingerprint density at radius 2 is 2.12 bits per heavy atom. The maximum atomic E-state index is 11.1. The highest BCUT2D eigenvalue weighted by atomic mass is 16.1. The highest BCUT2D eigenvalue weighted by Crippen LogP contribution is 2.21. The molecule has 1 rings (SSSR count). The van der Waals surface area contributed by atoms with Crippen LogP contribution in [0.4, 0.5) is 5.69 Å². The molecular weight excluding hydrogens is 200 g/mol. The lowest BCUT2D eigenvalue weighted by Gasteiger charge is -2.27. The summed E-state index contributed by atoms with van der Waals surface area (Å²) in [4.78, 5) is 13.0. The van der Waals surface area contributed by atoms with Crippen molar-refractivity contribution in [1.82, 2.24) is 0 Å². The Bertz CT molecular complexity index is 420. The summed E-state index contributed by atoms with van der Waals surface area (Å²) < 4.78 is 0. The van der Waals surface area contributed by atoms with Gasteiger partial charge in [-0.3, -0.25) is 4.79 Å². The number of carbonyl (C=O) groups is 1. The number of nitriles is 1. The second-order valence-electron chi connectivity index (χ2n) is 4.00. The molecule has 0 saturated heterocycles. The van der Waals surface area contributed by atoms with Gasteiger partial charge in [0.1, 0.15) is 11.9 Å². The van der Waals surface area contributed by atoms with Crippen molar-refractivity contribution < 1.29 is 4.79 Å². The summed E-state index contributed by atoms with van der Waals surface area (Å²) in [6.45, 7) is 3.57. The Balaban J connectivity index is 2.92. The lowest BCUT2D eigenvalue weighted by molar-refractivity contribution is -0.117. The van der Waals surface area contributed by atoms with Gasteiger partial charge in [0, 0.05) is 19.5 Å². The Labute approximate surface area is 96.3 Å². The van der Waals surface area contributed by atoms with E-state index in [-0.39, 0.29) is 11.8 Å². The van der Waals surface area contributed by atoms with Gasteiger partial charge in [-0.05, 0) is 26.0 Å². The molecule has 16 heavy (non-hydrogen) atoms. The summed E-state index contributed by atoms with van der Waals surface area (Å²) in [6, 6.07) is 9.68. The third-order valence-corrected chi connectivity index (χ3v) is 2.65. The van der Waals surface area contributed by atoms with Crippen molar-refractivity contribution in [3.05, 3.63) is 29.8 Å². The maximum absolute atomic E-state index is 11.1. The highest BCUT2D eigenvalue weighted by molar-refractivity contribution is 5.76. The number of rotatable bonds is 4. The van der Waals surface area contributed by atoms with Crippen molar-refractivity contribution >= 4 is 11.5 Å². The van der Waals surface area contributed by atoms with Crippen molar-refractivity contribution in [2.24, 2.45) is 0 Å². The van der Waals surface area contributed by atoms with Gasteiger partial charge < -0.3 is 4.90 Å². The molecule has 1 aromatic carbocycles. The summed E-state index contributed by atoms with van der Waals surface area (Å²) in [6.07, 6.45) is 0.496. The molecule has 0 bridgehead atoms. The van der Waals surface area contributed by atoms with Gasteiger partial charge in [0.2, 0.25) is 0 Å². The lowest BCUT2D eigenvalue weighted by Crippen LogP contribution is -2.31. The molecule has 0 saturated carbocycles. The monoisotopic (exact) mass is 216 g/mol. The van der Waals surface area contributed by atoms with Crippen LogP contribution in [0.5, 0.6) is 0 Å². The van der Waals surface area contributed by atoms with Crippen molar-refractivity contribution in [2.75, 3.05) is 11.9 Å². The first-order valence-corrected chi connectivity index (χ1v) is 5.27. The fourth-order valence-electron chi connectivity index (χ4n) is 1.67. The number of para-hydroxylation sites is 1. The largest absolute Gasteiger partial charge is 0.370 e. The molecule has 1 unspecified atom stereocenters. The summed E-state index contributed by atoms with van der Waals surface area (Å²) >= 11 is 0. The minimum absolute atomic E-state index is 0.104. The van der Waals surface area contributed by atoms with Crippen molar-refractivity contribution in [3.63, 3.8) is 0 Å². The molecule has 0 aromatic heterocycles. The molecule has 0 amide bonds. The third kappa shape index (κ3) is 2.83. The van der Waals surface area contributed by atoms with Crippen LogP contribution in [0, 0.1) is 11.3 Å². The van der Waals surface area contributed by atoms with Crippen LogP contribution in [0.25, 0.3) is 0 Å². The van der Waals surface area contributed by atoms with Crippen molar-refractivity contribution in [1.29, 1.82) is 5.26 Å². The van der Waals surface area contributed by atoms with Crippen LogP contribution >= 0.6 is 0 Å². The smallest absolute Gasteiger partial charge is 0.131 e. The molecule has 0 aliphatic carbocycles. The molecule has 0 N–H and O–H groups in total. The van der Waals surface area contributed by atoms with Gasteiger partial charge in [-0.1, -0.05) is 12.1 Å². The number of anilines is 1. The molecule has 0 fully saturated rings. The van der Waals surface area contributed by atoms with Gasteiger partial charge in [-0.2, -0.15) is 5.26 Å². The number of Topliss-reactive ketones (excluding diaryl/α,β-unsaturated/α-hetero) is 1. The normalized spacial score (nSPS) is 11.6. The second kappa shape index (κ2) is 5.32. The molecule has 1 atom stereocenters. The number of benzene rings is 1. The fourth-order valence-corrected chi connectivity index (χ4v) is 1.67. The van der Waals surface area contributed by atoms with Crippen LogP contribution in [0.2, 0.25) is 0 Å². The standard InChI is InChI=1S/C13H16N2O/c1-10(8-11(2)16)15(3)13-7-5-4-6-12(13)9-14/h4-7,10H,8H2,1-3H3.